The number of nitrogens with one attached hydrogen (secondary N) is 1. The van der Waals surface area contributed by atoms with Crippen molar-refractivity contribution in [1.29, 1.82) is 0 Å². The molecule has 0 spiro atoms. The van der Waals surface area contributed by atoms with Crippen molar-refractivity contribution in [2.75, 3.05) is 32.1 Å². The zero-order valence-electron chi connectivity index (χ0n) is 12.5. The number of ether oxygens (including phenoxy) is 1. The lowest BCUT2D eigenvalue weighted by Crippen LogP contribution is -2.27. The highest BCUT2D eigenvalue weighted by atomic mass is 35.5. The molecule has 20 heavy (non-hydrogen) atoms. The van der Waals surface area contributed by atoms with Crippen LogP contribution < -0.4 is 10.1 Å². The summed E-state index contributed by atoms with van der Waals surface area (Å²) >= 11 is 6.17. The Morgan fingerprint density at radius 1 is 1.35 bits per heavy atom. The number of hydrogen-bond donors (Lipinski definition) is 1. The van der Waals surface area contributed by atoms with Gasteiger partial charge in [-0.25, -0.2) is 0 Å². The van der Waals surface area contributed by atoms with Gasteiger partial charge in [-0.05, 0) is 57.0 Å². The van der Waals surface area contributed by atoms with Gasteiger partial charge < -0.3 is 15.0 Å². The van der Waals surface area contributed by atoms with E-state index in [1.807, 2.05) is 18.2 Å². The number of benzene rings is 1. The normalized spacial score (nSPS) is 20.4. The predicted molar refractivity (Wildman–Crippen MR) is 86.0 cm³/mol. The third-order valence-corrected chi connectivity index (χ3v) is 4.18. The first-order valence-electron chi connectivity index (χ1n) is 7.55. The van der Waals surface area contributed by atoms with E-state index in [-0.39, 0.29) is 0 Å². The van der Waals surface area contributed by atoms with E-state index in [2.05, 4.69) is 17.1 Å². The van der Waals surface area contributed by atoms with Crippen LogP contribution in [0.15, 0.2) is 18.2 Å². The molecule has 1 aliphatic heterocycles. The second-order valence-electron chi connectivity index (χ2n) is 5.46. The van der Waals surface area contributed by atoms with E-state index in [4.69, 9.17) is 16.3 Å². The Morgan fingerprint density at radius 3 is 2.90 bits per heavy atom. The first-order chi connectivity index (χ1) is 9.72. The average Bonchev–Trinajstić information content (AvgIpc) is 2.65. The van der Waals surface area contributed by atoms with Crippen molar-refractivity contribution >= 4 is 17.3 Å². The van der Waals surface area contributed by atoms with Crippen LogP contribution in [0.4, 0.5) is 5.69 Å². The highest BCUT2D eigenvalue weighted by Crippen LogP contribution is 2.28. The van der Waals surface area contributed by atoms with Gasteiger partial charge in [0.1, 0.15) is 5.75 Å². The molecule has 2 rings (SSSR count). The molecule has 0 aromatic heterocycles. The Bertz CT molecular complexity index is 425. The molecule has 1 N–H and O–H groups in total. The second kappa shape index (κ2) is 7.75. The van der Waals surface area contributed by atoms with Crippen molar-refractivity contribution in [2.45, 2.75) is 38.6 Å². The molecule has 112 valence electrons. The standard InChI is InChI=1S/C16H25ClN2O/c1-3-9-19-10-4-5-13(8-11-19)18-14-6-7-16(20-2)15(17)12-14/h6-7,12-13,18H,3-5,8-11H2,1-2H3. The van der Waals surface area contributed by atoms with Crippen LogP contribution in [0, 0.1) is 0 Å². The fraction of sp³-hybridized carbons (Fsp3) is 0.625. The molecule has 3 nitrogen and oxygen atoms in total. The Labute approximate surface area is 127 Å². The molecule has 0 radical (unpaired) electrons. The van der Waals surface area contributed by atoms with Crippen LogP contribution in [0.25, 0.3) is 0 Å². The van der Waals surface area contributed by atoms with E-state index >= 15 is 0 Å². The minimum absolute atomic E-state index is 0.543. The van der Waals surface area contributed by atoms with Crippen LogP contribution in [-0.2, 0) is 0 Å². The topological polar surface area (TPSA) is 24.5 Å². The van der Waals surface area contributed by atoms with Gasteiger partial charge in [0.25, 0.3) is 0 Å². The molecule has 1 atom stereocenters. The maximum atomic E-state index is 6.17. The number of likely N-dealkylation sites (tertiary alicyclic amines) is 1. The second-order valence-corrected chi connectivity index (χ2v) is 5.87. The third kappa shape index (κ3) is 4.29. The smallest absolute Gasteiger partial charge is 0.137 e. The third-order valence-electron chi connectivity index (χ3n) is 3.88. The molecular formula is C16H25ClN2O. The Kier molecular flexibility index (Phi) is 5.99. The van der Waals surface area contributed by atoms with E-state index in [1.54, 1.807) is 7.11 Å². The largest absolute Gasteiger partial charge is 0.495 e. The Hall–Kier alpha value is -0.930. The SMILES string of the molecule is CCCN1CCCC(Nc2ccc(OC)c(Cl)c2)CC1. The summed E-state index contributed by atoms with van der Waals surface area (Å²) in [6, 6.07) is 6.46. The van der Waals surface area contributed by atoms with Gasteiger partial charge in [0.15, 0.2) is 0 Å². The van der Waals surface area contributed by atoms with Gasteiger partial charge in [0, 0.05) is 18.3 Å². The Morgan fingerprint density at radius 2 is 2.20 bits per heavy atom. The van der Waals surface area contributed by atoms with E-state index in [1.165, 1.54) is 45.3 Å². The first kappa shape index (κ1) is 15.5. The highest BCUT2D eigenvalue weighted by molar-refractivity contribution is 6.32. The molecule has 0 amide bonds. The fourth-order valence-electron chi connectivity index (χ4n) is 2.83. The molecule has 1 aromatic rings. The van der Waals surface area contributed by atoms with E-state index in [0.29, 0.717) is 11.1 Å². The molecule has 1 aliphatic rings. The summed E-state index contributed by atoms with van der Waals surface area (Å²) in [6.45, 7) is 5.89. The quantitative estimate of drug-likeness (QED) is 0.888. The van der Waals surface area contributed by atoms with Crippen LogP contribution in [0.3, 0.4) is 0 Å². The van der Waals surface area contributed by atoms with Gasteiger partial charge in [-0.3, -0.25) is 0 Å². The number of hydrogen-bond acceptors (Lipinski definition) is 3. The van der Waals surface area contributed by atoms with Gasteiger partial charge in [-0.1, -0.05) is 18.5 Å². The first-order valence-corrected chi connectivity index (χ1v) is 7.93. The number of nitrogens with zero attached hydrogens (tertiary/aromatic N) is 1. The lowest BCUT2D eigenvalue weighted by atomic mass is 10.1. The van der Waals surface area contributed by atoms with Crippen LogP contribution in [0.5, 0.6) is 5.75 Å². The summed E-state index contributed by atoms with van der Waals surface area (Å²) in [5, 5.41) is 4.27. The summed E-state index contributed by atoms with van der Waals surface area (Å²) in [5.74, 6) is 0.729. The summed E-state index contributed by atoms with van der Waals surface area (Å²) in [4.78, 5) is 2.57. The highest BCUT2D eigenvalue weighted by Gasteiger charge is 2.16. The Balaban J connectivity index is 1.91. The molecule has 0 bridgehead atoms. The van der Waals surface area contributed by atoms with Crippen molar-refractivity contribution in [3.8, 4) is 5.75 Å². The molecule has 1 unspecified atom stereocenters. The average molecular weight is 297 g/mol. The van der Waals surface area contributed by atoms with Crippen LogP contribution >= 0.6 is 11.6 Å². The number of halogens is 1. The summed E-state index contributed by atoms with van der Waals surface area (Å²) in [7, 11) is 1.64. The number of rotatable bonds is 5. The molecule has 0 aliphatic carbocycles. The molecule has 1 heterocycles. The summed E-state index contributed by atoms with van der Waals surface area (Å²) < 4.78 is 5.18. The van der Waals surface area contributed by atoms with Crippen LogP contribution in [-0.4, -0.2) is 37.7 Å². The summed E-state index contributed by atoms with van der Waals surface area (Å²) in [5.41, 5.74) is 1.09. The number of methoxy groups -OCH3 is 1. The van der Waals surface area contributed by atoms with Crippen molar-refractivity contribution in [2.24, 2.45) is 0 Å². The van der Waals surface area contributed by atoms with E-state index < -0.39 is 0 Å². The minimum Gasteiger partial charge on any atom is -0.495 e. The molecule has 1 saturated heterocycles. The van der Waals surface area contributed by atoms with E-state index in [9.17, 15) is 0 Å². The van der Waals surface area contributed by atoms with Crippen LogP contribution in [0.2, 0.25) is 5.02 Å². The monoisotopic (exact) mass is 296 g/mol. The zero-order chi connectivity index (χ0) is 14.4. The molecular weight excluding hydrogens is 272 g/mol. The van der Waals surface area contributed by atoms with Crippen molar-refractivity contribution in [3.63, 3.8) is 0 Å². The lowest BCUT2D eigenvalue weighted by molar-refractivity contribution is 0.285. The molecule has 0 saturated carbocycles. The molecule has 1 aromatic carbocycles. The van der Waals surface area contributed by atoms with Gasteiger partial charge >= 0.3 is 0 Å². The maximum Gasteiger partial charge on any atom is 0.137 e. The van der Waals surface area contributed by atoms with Gasteiger partial charge in [0.2, 0.25) is 0 Å². The molecule has 1 fully saturated rings. The molecule has 4 heteroatoms. The maximum absolute atomic E-state index is 6.17. The summed E-state index contributed by atoms with van der Waals surface area (Å²) in [6.07, 6.45) is 4.93. The van der Waals surface area contributed by atoms with Crippen molar-refractivity contribution in [1.82, 2.24) is 4.90 Å². The van der Waals surface area contributed by atoms with Crippen molar-refractivity contribution < 1.29 is 4.74 Å². The van der Waals surface area contributed by atoms with Crippen molar-refractivity contribution in [3.05, 3.63) is 23.2 Å². The van der Waals surface area contributed by atoms with Gasteiger partial charge in [-0.2, -0.15) is 0 Å². The van der Waals surface area contributed by atoms with E-state index in [0.717, 1.165) is 11.4 Å². The van der Waals surface area contributed by atoms with Gasteiger partial charge in [0.05, 0.1) is 12.1 Å². The predicted octanol–water partition coefficient (Wildman–Crippen LogP) is 4.03. The number of anilines is 1. The fourth-order valence-corrected chi connectivity index (χ4v) is 3.09. The van der Waals surface area contributed by atoms with Crippen LogP contribution in [0.1, 0.15) is 32.6 Å². The minimum atomic E-state index is 0.543. The lowest BCUT2D eigenvalue weighted by Gasteiger charge is -2.20. The zero-order valence-corrected chi connectivity index (χ0v) is 13.2. The van der Waals surface area contributed by atoms with Gasteiger partial charge in [-0.15, -0.1) is 0 Å².